The highest BCUT2D eigenvalue weighted by Crippen LogP contribution is 2.35. The van der Waals surface area contributed by atoms with Crippen molar-refractivity contribution < 1.29 is 27.9 Å². The van der Waals surface area contributed by atoms with Gasteiger partial charge in [0, 0.05) is 30.1 Å². The lowest BCUT2D eigenvalue weighted by Crippen LogP contribution is -2.54. The van der Waals surface area contributed by atoms with E-state index < -0.39 is 35.7 Å². The van der Waals surface area contributed by atoms with E-state index in [0.29, 0.717) is 12.3 Å². The molecule has 3 heterocycles. The molecule has 4 amide bonds. The highest BCUT2D eigenvalue weighted by molar-refractivity contribution is 6.01. The molecule has 2 aliphatic rings. The fraction of sp³-hybridized carbons (Fsp3) is 0.407. The predicted octanol–water partition coefficient (Wildman–Crippen LogP) is 3.85. The standard InChI is InChI=1S/C27H31F2N5O4/c1-17-23(25(35)38-2)24(19-7-8-20(28)21(29)16-19)34(27(37)32-17)26(36)31-12-5-13-33-14-9-18(10-15-33)22-6-3-4-11-30-22/h3-4,6-8,11,16,18,24H,5,9-10,12-15H2,1-2H3,(H,31,36)(H,32,37). The van der Waals surface area contributed by atoms with Crippen LogP contribution in [0.4, 0.5) is 18.4 Å². The number of nitrogens with one attached hydrogen (secondary N) is 2. The Morgan fingerprint density at radius 2 is 1.92 bits per heavy atom. The molecule has 1 aromatic carbocycles. The number of likely N-dealkylation sites (tertiary alicyclic amines) is 1. The molecular weight excluding hydrogens is 496 g/mol. The van der Waals surface area contributed by atoms with Crippen molar-refractivity contribution in [2.75, 3.05) is 33.3 Å². The number of carbonyl (C=O) groups is 3. The van der Waals surface area contributed by atoms with Crippen molar-refractivity contribution in [1.82, 2.24) is 25.4 Å². The van der Waals surface area contributed by atoms with Crippen LogP contribution in [0.2, 0.25) is 0 Å². The number of rotatable bonds is 7. The molecule has 0 bridgehead atoms. The van der Waals surface area contributed by atoms with Crippen molar-refractivity contribution in [3.63, 3.8) is 0 Å². The Hall–Kier alpha value is -3.86. The second kappa shape index (κ2) is 12.1. The molecule has 2 N–H and O–H groups in total. The number of nitrogens with zero attached hydrogens (tertiary/aromatic N) is 3. The quantitative estimate of drug-likeness (QED) is 0.419. The van der Waals surface area contributed by atoms with Crippen LogP contribution in [0.1, 0.15) is 49.4 Å². The van der Waals surface area contributed by atoms with E-state index in [1.807, 2.05) is 18.3 Å². The van der Waals surface area contributed by atoms with Crippen LogP contribution >= 0.6 is 0 Å². The molecule has 0 saturated carbocycles. The molecule has 2 aromatic rings. The number of carbonyl (C=O) groups excluding carboxylic acids is 3. The maximum atomic E-state index is 14.1. The van der Waals surface area contributed by atoms with Crippen LogP contribution < -0.4 is 10.6 Å². The lowest BCUT2D eigenvalue weighted by Gasteiger charge is -2.36. The first-order valence-electron chi connectivity index (χ1n) is 12.6. The van der Waals surface area contributed by atoms with E-state index in [4.69, 9.17) is 4.74 Å². The summed E-state index contributed by atoms with van der Waals surface area (Å²) in [6.07, 6.45) is 4.48. The Morgan fingerprint density at radius 1 is 1.16 bits per heavy atom. The van der Waals surface area contributed by atoms with Crippen LogP contribution in [0.15, 0.2) is 53.9 Å². The molecule has 4 rings (SSSR count). The molecule has 0 spiro atoms. The average Bonchev–Trinajstić information content (AvgIpc) is 2.92. The summed E-state index contributed by atoms with van der Waals surface area (Å²) < 4.78 is 32.5. The van der Waals surface area contributed by atoms with Gasteiger partial charge in [0.1, 0.15) is 6.04 Å². The lowest BCUT2D eigenvalue weighted by molar-refractivity contribution is -0.136. The third-order valence-electron chi connectivity index (χ3n) is 6.95. The van der Waals surface area contributed by atoms with Crippen LogP contribution in [-0.2, 0) is 9.53 Å². The maximum absolute atomic E-state index is 14.1. The molecule has 1 fully saturated rings. The van der Waals surface area contributed by atoms with E-state index in [1.54, 1.807) is 0 Å². The first kappa shape index (κ1) is 27.2. The third-order valence-corrected chi connectivity index (χ3v) is 6.95. The van der Waals surface area contributed by atoms with Crippen molar-refractivity contribution in [3.8, 4) is 0 Å². The van der Waals surface area contributed by atoms with Crippen molar-refractivity contribution in [2.24, 2.45) is 0 Å². The second-order valence-electron chi connectivity index (χ2n) is 9.36. The van der Waals surface area contributed by atoms with E-state index in [0.717, 1.165) is 62.3 Å². The van der Waals surface area contributed by atoms with Gasteiger partial charge in [0.2, 0.25) is 0 Å². The topological polar surface area (TPSA) is 104 Å². The van der Waals surface area contributed by atoms with Gasteiger partial charge in [0.25, 0.3) is 0 Å². The number of allylic oxidation sites excluding steroid dienone is 1. The normalized spacial score (nSPS) is 18.8. The van der Waals surface area contributed by atoms with E-state index in [-0.39, 0.29) is 23.4 Å². The summed E-state index contributed by atoms with van der Waals surface area (Å²) in [6, 6.07) is 6.10. The summed E-state index contributed by atoms with van der Waals surface area (Å²) in [4.78, 5) is 46.2. The summed E-state index contributed by atoms with van der Waals surface area (Å²) in [7, 11) is 1.16. The van der Waals surface area contributed by atoms with E-state index in [9.17, 15) is 23.2 Å². The highest BCUT2D eigenvalue weighted by Gasteiger charge is 2.42. The van der Waals surface area contributed by atoms with Gasteiger partial charge in [-0.2, -0.15) is 0 Å². The van der Waals surface area contributed by atoms with Crippen LogP contribution in [0.3, 0.4) is 0 Å². The first-order valence-corrected chi connectivity index (χ1v) is 12.6. The van der Waals surface area contributed by atoms with E-state index in [2.05, 4.69) is 26.6 Å². The fourth-order valence-corrected chi connectivity index (χ4v) is 4.97. The van der Waals surface area contributed by atoms with Crippen molar-refractivity contribution in [1.29, 1.82) is 0 Å². The Kier molecular flexibility index (Phi) is 8.67. The molecule has 1 saturated heterocycles. The number of methoxy groups -OCH3 is 1. The van der Waals surface area contributed by atoms with E-state index >= 15 is 0 Å². The van der Waals surface area contributed by atoms with Gasteiger partial charge < -0.3 is 20.3 Å². The van der Waals surface area contributed by atoms with Crippen LogP contribution in [-0.4, -0.2) is 66.1 Å². The number of piperidine rings is 1. The minimum Gasteiger partial charge on any atom is -0.466 e. The van der Waals surface area contributed by atoms with Gasteiger partial charge in [-0.1, -0.05) is 12.1 Å². The number of hydrogen-bond donors (Lipinski definition) is 2. The van der Waals surface area contributed by atoms with Gasteiger partial charge >= 0.3 is 18.0 Å². The van der Waals surface area contributed by atoms with Crippen LogP contribution in [0.5, 0.6) is 0 Å². The number of amides is 4. The van der Waals surface area contributed by atoms with Crippen molar-refractivity contribution in [3.05, 3.63) is 76.8 Å². The SMILES string of the molecule is COC(=O)C1=C(C)NC(=O)N(C(=O)NCCCN2CCC(c3ccccn3)CC2)C1c1ccc(F)c(F)c1. The van der Waals surface area contributed by atoms with Gasteiger partial charge in [0.05, 0.1) is 12.7 Å². The molecule has 2 aliphatic heterocycles. The molecule has 202 valence electrons. The predicted molar refractivity (Wildman–Crippen MR) is 135 cm³/mol. The largest absolute Gasteiger partial charge is 0.466 e. The van der Waals surface area contributed by atoms with Crippen molar-refractivity contribution >= 4 is 18.0 Å². The number of urea groups is 2. The number of halogens is 2. The van der Waals surface area contributed by atoms with Crippen LogP contribution in [0.25, 0.3) is 0 Å². The highest BCUT2D eigenvalue weighted by atomic mass is 19.2. The summed E-state index contributed by atoms with van der Waals surface area (Å²) in [6.45, 7) is 4.37. The average molecular weight is 528 g/mol. The fourth-order valence-electron chi connectivity index (χ4n) is 4.97. The molecule has 0 aliphatic carbocycles. The monoisotopic (exact) mass is 527 g/mol. The first-order chi connectivity index (χ1) is 18.3. The zero-order valence-corrected chi connectivity index (χ0v) is 21.4. The summed E-state index contributed by atoms with van der Waals surface area (Å²) in [5.41, 5.74) is 1.29. The van der Waals surface area contributed by atoms with Gasteiger partial charge in [-0.25, -0.2) is 28.1 Å². The Morgan fingerprint density at radius 3 is 2.58 bits per heavy atom. The molecule has 1 atom stereocenters. The zero-order valence-electron chi connectivity index (χ0n) is 21.4. The number of benzene rings is 1. The number of imide groups is 1. The molecule has 0 radical (unpaired) electrons. The summed E-state index contributed by atoms with van der Waals surface area (Å²) >= 11 is 0. The van der Waals surface area contributed by atoms with Crippen molar-refractivity contribution in [2.45, 2.75) is 38.1 Å². The molecule has 9 nitrogen and oxygen atoms in total. The van der Waals surface area contributed by atoms with Gasteiger partial charge in [-0.05, 0) is 75.6 Å². The molecule has 11 heteroatoms. The number of pyridine rings is 1. The molecule has 1 unspecified atom stereocenters. The zero-order chi connectivity index (χ0) is 27.2. The third kappa shape index (κ3) is 5.99. The summed E-state index contributed by atoms with van der Waals surface area (Å²) in [5.74, 6) is -2.61. The number of hydrogen-bond acceptors (Lipinski definition) is 6. The van der Waals surface area contributed by atoms with Gasteiger partial charge in [-0.3, -0.25) is 4.98 Å². The Bertz CT molecular complexity index is 1220. The maximum Gasteiger partial charge on any atom is 0.337 e. The lowest BCUT2D eigenvalue weighted by atomic mass is 9.93. The molecule has 38 heavy (non-hydrogen) atoms. The Balaban J connectivity index is 1.38. The minimum absolute atomic E-state index is 0.0518. The number of aromatic nitrogens is 1. The Labute approximate surface area is 219 Å². The van der Waals surface area contributed by atoms with Crippen LogP contribution in [0, 0.1) is 11.6 Å². The van der Waals surface area contributed by atoms with E-state index in [1.165, 1.54) is 13.0 Å². The van der Waals surface area contributed by atoms with Gasteiger partial charge in [0.15, 0.2) is 11.6 Å². The molecular formula is C27H31F2N5O4. The number of esters is 1. The minimum atomic E-state index is -1.29. The molecule has 1 aromatic heterocycles. The second-order valence-corrected chi connectivity index (χ2v) is 9.36. The van der Waals surface area contributed by atoms with Gasteiger partial charge in [-0.15, -0.1) is 0 Å². The smallest absolute Gasteiger partial charge is 0.337 e. The number of ether oxygens (including phenoxy) is 1. The summed E-state index contributed by atoms with van der Waals surface area (Å²) in [5, 5.41) is 5.21.